The van der Waals surface area contributed by atoms with Gasteiger partial charge in [-0.2, -0.15) is 0 Å². The third-order valence-corrected chi connectivity index (χ3v) is 4.15. The van der Waals surface area contributed by atoms with Crippen molar-refractivity contribution in [1.29, 1.82) is 0 Å². The van der Waals surface area contributed by atoms with Crippen molar-refractivity contribution in [3.63, 3.8) is 0 Å². The molecule has 0 radical (unpaired) electrons. The van der Waals surface area contributed by atoms with E-state index in [4.69, 9.17) is 5.73 Å². The second-order valence-electron chi connectivity index (χ2n) is 5.43. The second kappa shape index (κ2) is 6.86. The Hall–Kier alpha value is -0.930. The Morgan fingerprint density at radius 2 is 1.89 bits per heavy atom. The smallest absolute Gasteiger partial charge is 0.0623 e. The number of aliphatic hydroxyl groups excluding tert-OH is 1. The first kappa shape index (κ1) is 13.5. The van der Waals surface area contributed by atoms with Crippen LogP contribution < -0.4 is 5.73 Å². The Morgan fingerprint density at radius 3 is 2.50 bits per heavy atom. The van der Waals surface area contributed by atoms with Crippen LogP contribution in [0.3, 0.4) is 0 Å². The summed E-state index contributed by atoms with van der Waals surface area (Å²) in [5, 5.41) is 10.4. The molecule has 0 saturated heterocycles. The Kier molecular flexibility index (Phi) is 5.14. The van der Waals surface area contributed by atoms with Crippen molar-refractivity contribution in [2.45, 2.75) is 50.5 Å². The van der Waals surface area contributed by atoms with Crippen LogP contribution in [0.15, 0.2) is 24.5 Å². The lowest BCUT2D eigenvalue weighted by Crippen LogP contribution is -2.28. The fourth-order valence-corrected chi connectivity index (χ4v) is 3.05. The topological polar surface area (TPSA) is 59.1 Å². The van der Waals surface area contributed by atoms with Crippen LogP contribution in [0.2, 0.25) is 0 Å². The molecule has 1 aliphatic carbocycles. The third-order valence-electron chi connectivity index (χ3n) is 4.15. The number of aromatic nitrogens is 1. The van der Waals surface area contributed by atoms with Crippen LogP contribution in [0, 0.1) is 5.92 Å². The van der Waals surface area contributed by atoms with Crippen LogP contribution in [-0.2, 0) is 0 Å². The molecule has 100 valence electrons. The number of rotatable bonds is 5. The highest BCUT2D eigenvalue weighted by atomic mass is 16.3. The van der Waals surface area contributed by atoms with Crippen molar-refractivity contribution >= 4 is 0 Å². The van der Waals surface area contributed by atoms with Crippen LogP contribution in [0.4, 0.5) is 0 Å². The van der Waals surface area contributed by atoms with Crippen molar-refractivity contribution in [2.75, 3.05) is 6.54 Å². The number of nitrogens with two attached hydrogens (primary N) is 1. The molecular formula is C15H24N2O. The molecule has 3 heteroatoms. The van der Waals surface area contributed by atoms with Crippen LogP contribution >= 0.6 is 0 Å². The summed E-state index contributed by atoms with van der Waals surface area (Å²) in [5.74, 6) is 0.736. The van der Waals surface area contributed by atoms with Gasteiger partial charge in [0.25, 0.3) is 0 Å². The van der Waals surface area contributed by atoms with E-state index in [0.29, 0.717) is 12.5 Å². The minimum atomic E-state index is -0.319. The van der Waals surface area contributed by atoms with Gasteiger partial charge in [0.1, 0.15) is 0 Å². The molecule has 3 N–H and O–H groups in total. The molecule has 1 aliphatic rings. The van der Waals surface area contributed by atoms with Gasteiger partial charge >= 0.3 is 0 Å². The van der Waals surface area contributed by atoms with Gasteiger partial charge in [-0.1, -0.05) is 32.1 Å². The van der Waals surface area contributed by atoms with E-state index < -0.39 is 0 Å². The van der Waals surface area contributed by atoms with E-state index in [-0.39, 0.29) is 12.0 Å². The molecular weight excluding hydrogens is 224 g/mol. The van der Waals surface area contributed by atoms with Crippen LogP contribution in [0.5, 0.6) is 0 Å². The molecule has 0 spiro atoms. The monoisotopic (exact) mass is 248 g/mol. The van der Waals surface area contributed by atoms with Gasteiger partial charge in [0.15, 0.2) is 0 Å². The van der Waals surface area contributed by atoms with Gasteiger partial charge in [-0.25, -0.2) is 0 Å². The van der Waals surface area contributed by atoms with Gasteiger partial charge in [0.2, 0.25) is 0 Å². The van der Waals surface area contributed by atoms with Crippen molar-refractivity contribution in [1.82, 2.24) is 4.98 Å². The van der Waals surface area contributed by atoms with Gasteiger partial charge in [-0.05, 0) is 30.0 Å². The molecule has 1 saturated carbocycles. The van der Waals surface area contributed by atoms with E-state index in [1.165, 1.54) is 32.1 Å². The zero-order valence-electron chi connectivity index (χ0n) is 11.0. The zero-order chi connectivity index (χ0) is 12.8. The highest BCUT2D eigenvalue weighted by Crippen LogP contribution is 2.31. The maximum absolute atomic E-state index is 10.4. The molecule has 0 aliphatic heterocycles. The molecule has 0 amide bonds. The molecule has 2 unspecified atom stereocenters. The Morgan fingerprint density at radius 1 is 1.22 bits per heavy atom. The third kappa shape index (κ3) is 3.53. The number of hydrogen-bond acceptors (Lipinski definition) is 3. The molecule has 2 rings (SSSR count). The summed E-state index contributed by atoms with van der Waals surface area (Å²) in [5.41, 5.74) is 6.94. The minimum absolute atomic E-state index is 0.0509. The molecule has 1 aromatic heterocycles. The molecule has 0 aromatic carbocycles. The Balaban J connectivity index is 1.94. The molecule has 2 atom stereocenters. The van der Waals surface area contributed by atoms with Crippen molar-refractivity contribution in [3.05, 3.63) is 30.1 Å². The van der Waals surface area contributed by atoms with E-state index in [2.05, 4.69) is 4.98 Å². The fourth-order valence-electron chi connectivity index (χ4n) is 3.05. The van der Waals surface area contributed by atoms with Gasteiger partial charge < -0.3 is 10.8 Å². The van der Waals surface area contributed by atoms with Crippen LogP contribution in [0.25, 0.3) is 0 Å². The first-order chi connectivity index (χ1) is 8.81. The van der Waals surface area contributed by atoms with Gasteiger partial charge in [-0.3, -0.25) is 4.98 Å². The molecule has 3 nitrogen and oxygen atoms in total. The van der Waals surface area contributed by atoms with Gasteiger partial charge in [-0.15, -0.1) is 0 Å². The lowest BCUT2D eigenvalue weighted by molar-refractivity contribution is 0.106. The highest BCUT2D eigenvalue weighted by Gasteiger charge is 2.24. The summed E-state index contributed by atoms with van der Waals surface area (Å²) in [4.78, 5) is 4.01. The largest absolute Gasteiger partial charge is 0.392 e. The predicted octanol–water partition coefficient (Wildman–Crippen LogP) is 2.46. The summed E-state index contributed by atoms with van der Waals surface area (Å²) in [6, 6.07) is 3.92. The molecule has 18 heavy (non-hydrogen) atoms. The summed E-state index contributed by atoms with van der Waals surface area (Å²) < 4.78 is 0. The summed E-state index contributed by atoms with van der Waals surface area (Å²) >= 11 is 0. The second-order valence-corrected chi connectivity index (χ2v) is 5.43. The first-order valence-electron chi connectivity index (χ1n) is 7.09. The predicted molar refractivity (Wildman–Crippen MR) is 73.2 cm³/mol. The molecule has 1 aromatic rings. The van der Waals surface area contributed by atoms with E-state index in [1.807, 2.05) is 12.1 Å². The summed E-state index contributed by atoms with van der Waals surface area (Å²) in [6.45, 7) is 0.498. The van der Waals surface area contributed by atoms with E-state index in [9.17, 15) is 5.11 Å². The molecule has 1 fully saturated rings. The fraction of sp³-hybridized carbons (Fsp3) is 0.667. The number of pyridine rings is 1. The first-order valence-corrected chi connectivity index (χ1v) is 7.09. The Labute approximate surface area is 109 Å². The number of nitrogens with zero attached hydrogens (tertiary/aromatic N) is 1. The summed E-state index contributed by atoms with van der Waals surface area (Å²) in [7, 11) is 0. The molecule has 1 heterocycles. The van der Waals surface area contributed by atoms with Gasteiger partial charge in [0, 0.05) is 24.9 Å². The SMILES string of the molecule is NCC(c1ccncc1)C(O)CC1CCCCC1. The van der Waals surface area contributed by atoms with Crippen LogP contribution in [0.1, 0.15) is 50.0 Å². The van der Waals surface area contributed by atoms with Gasteiger partial charge in [0.05, 0.1) is 6.10 Å². The quantitative estimate of drug-likeness (QED) is 0.841. The van der Waals surface area contributed by atoms with Crippen LogP contribution in [-0.4, -0.2) is 22.7 Å². The molecule has 0 bridgehead atoms. The lowest BCUT2D eigenvalue weighted by atomic mass is 9.81. The lowest BCUT2D eigenvalue weighted by Gasteiger charge is -2.28. The van der Waals surface area contributed by atoms with E-state index >= 15 is 0 Å². The number of hydrogen-bond donors (Lipinski definition) is 2. The summed E-state index contributed by atoms with van der Waals surface area (Å²) in [6.07, 6.45) is 10.6. The number of aliphatic hydroxyl groups is 1. The maximum Gasteiger partial charge on any atom is 0.0623 e. The van der Waals surface area contributed by atoms with Crippen molar-refractivity contribution in [3.8, 4) is 0 Å². The minimum Gasteiger partial charge on any atom is -0.392 e. The average molecular weight is 248 g/mol. The highest BCUT2D eigenvalue weighted by molar-refractivity contribution is 5.17. The average Bonchev–Trinajstić information content (AvgIpc) is 2.42. The van der Waals surface area contributed by atoms with Crippen molar-refractivity contribution < 1.29 is 5.11 Å². The standard InChI is InChI=1S/C15H24N2O/c16-11-14(13-6-8-17-9-7-13)15(18)10-12-4-2-1-3-5-12/h6-9,12,14-15,18H,1-5,10-11,16H2. The van der Waals surface area contributed by atoms with E-state index in [1.54, 1.807) is 12.4 Å². The van der Waals surface area contributed by atoms with Crippen molar-refractivity contribution in [2.24, 2.45) is 11.7 Å². The normalized spacial score (nSPS) is 20.6. The Bertz CT molecular complexity index is 336. The maximum atomic E-state index is 10.4. The van der Waals surface area contributed by atoms with E-state index in [0.717, 1.165) is 12.0 Å². The zero-order valence-corrected chi connectivity index (χ0v) is 11.0.